The molecule has 0 bridgehead atoms. The number of halogens is 1. The van der Waals surface area contributed by atoms with E-state index in [4.69, 9.17) is 5.11 Å². The maximum absolute atomic E-state index is 11.5. The van der Waals surface area contributed by atoms with Gasteiger partial charge in [-0.1, -0.05) is 28.1 Å². The van der Waals surface area contributed by atoms with Crippen LogP contribution in [0.4, 0.5) is 0 Å². The lowest BCUT2D eigenvalue weighted by Crippen LogP contribution is -2.28. The molecule has 6 heteroatoms. The van der Waals surface area contributed by atoms with Gasteiger partial charge in [-0.15, -0.1) is 0 Å². The van der Waals surface area contributed by atoms with Crippen molar-refractivity contribution in [3.05, 3.63) is 39.7 Å². The predicted octanol–water partition coefficient (Wildman–Crippen LogP) is 1.72. The highest BCUT2D eigenvalue weighted by Gasteiger charge is 2.06. The third kappa shape index (κ3) is 5.97. The second-order valence-electron chi connectivity index (χ2n) is 3.60. The standard InChI is InChI=1S/C11H14BrNO3S/c1-9(14)8-13-17(15,16)6-5-10-3-2-4-11(12)7-10/h2-7,9,13-14H,8H2,1H3/b6-5+. The molecule has 0 heterocycles. The Morgan fingerprint density at radius 1 is 1.53 bits per heavy atom. The van der Waals surface area contributed by atoms with Crippen LogP contribution in [-0.2, 0) is 10.0 Å². The van der Waals surface area contributed by atoms with Crippen LogP contribution in [-0.4, -0.2) is 26.2 Å². The molecule has 0 aliphatic rings. The Morgan fingerprint density at radius 3 is 2.82 bits per heavy atom. The number of aliphatic hydroxyl groups excluding tert-OH is 1. The van der Waals surface area contributed by atoms with E-state index in [1.54, 1.807) is 12.1 Å². The Morgan fingerprint density at radius 2 is 2.24 bits per heavy atom. The quantitative estimate of drug-likeness (QED) is 0.868. The third-order valence-electron chi connectivity index (χ3n) is 1.87. The van der Waals surface area contributed by atoms with Gasteiger partial charge in [-0.25, -0.2) is 13.1 Å². The minimum Gasteiger partial charge on any atom is -0.392 e. The van der Waals surface area contributed by atoms with Crippen molar-refractivity contribution in [2.75, 3.05) is 6.54 Å². The normalized spacial score (nSPS) is 14.1. The first-order valence-electron chi connectivity index (χ1n) is 5.00. The lowest BCUT2D eigenvalue weighted by atomic mass is 10.2. The van der Waals surface area contributed by atoms with Crippen LogP contribution in [0.3, 0.4) is 0 Å². The van der Waals surface area contributed by atoms with Crippen LogP contribution >= 0.6 is 15.9 Å². The first-order chi connectivity index (χ1) is 7.89. The number of sulfonamides is 1. The summed E-state index contributed by atoms with van der Waals surface area (Å²) in [6.07, 6.45) is 0.791. The smallest absolute Gasteiger partial charge is 0.233 e. The molecule has 0 amide bonds. The molecule has 0 aliphatic heterocycles. The summed E-state index contributed by atoms with van der Waals surface area (Å²) in [5.41, 5.74) is 0.779. The van der Waals surface area contributed by atoms with Gasteiger partial charge in [-0.05, 0) is 30.7 Å². The number of aliphatic hydroxyl groups is 1. The third-order valence-corrected chi connectivity index (χ3v) is 3.42. The van der Waals surface area contributed by atoms with Crippen molar-refractivity contribution in [2.45, 2.75) is 13.0 Å². The molecule has 2 N–H and O–H groups in total. The average molecular weight is 320 g/mol. The molecular formula is C11H14BrNO3S. The molecule has 0 saturated heterocycles. The summed E-state index contributed by atoms with van der Waals surface area (Å²) in [6, 6.07) is 7.28. The Kier molecular flexibility index (Phi) is 5.32. The lowest BCUT2D eigenvalue weighted by Gasteiger charge is -2.04. The summed E-state index contributed by atoms with van der Waals surface area (Å²) in [7, 11) is -3.49. The van der Waals surface area contributed by atoms with E-state index in [-0.39, 0.29) is 6.54 Å². The van der Waals surface area contributed by atoms with Crippen LogP contribution < -0.4 is 4.72 Å². The van der Waals surface area contributed by atoms with Crippen molar-refractivity contribution in [1.29, 1.82) is 0 Å². The van der Waals surface area contributed by atoms with Crippen LogP contribution in [0.2, 0.25) is 0 Å². The first-order valence-corrected chi connectivity index (χ1v) is 7.34. The van der Waals surface area contributed by atoms with Gasteiger partial charge in [0.25, 0.3) is 0 Å². The lowest BCUT2D eigenvalue weighted by molar-refractivity contribution is 0.199. The molecule has 94 valence electrons. The van der Waals surface area contributed by atoms with E-state index in [0.29, 0.717) is 0 Å². The van der Waals surface area contributed by atoms with Gasteiger partial charge in [0.2, 0.25) is 10.0 Å². The number of hydrogen-bond donors (Lipinski definition) is 2. The Balaban J connectivity index is 2.70. The zero-order chi connectivity index (χ0) is 12.9. The Hall–Kier alpha value is -0.690. The Bertz CT molecular complexity index is 497. The van der Waals surface area contributed by atoms with E-state index >= 15 is 0 Å². The van der Waals surface area contributed by atoms with E-state index in [1.807, 2.05) is 12.1 Å². The molecule has 17 heavy (non-hydrogen) atoms. The van der Waals surface area contributed by atoms with Gasteiger partial charge in [0, 0.05) is 16.4 Å². The second-order valence-corrected chi connectivity index (χ2v) is 6.17. The maximum Gasteiger partial charge on any atom is 0.233 e. The van der Waals surface area contributed by atoms with Crippen molar-refractivity contribution in [3.63, 3.8) is 0 Å². The molecular weight excluding hydrogens is 306 g/mol. The van der Waals surface area contributed by atoms with Crippen molar-refractivity contribution in [3.8, 4) is 0 Å². The minimum atomic E-state index is -3.49. The van der Waals surface area contributed by atoms with Gasteiger partial charge < -0.3 is 5.11 Å². The highest BCUT2D eigenvalue weighted by atomic mass is 79.9. The molecule has 1 atom stereocenters. The Labute approximate surface area is 110 Å². The van der Waals surface area contributed by atoms with Crippen LogP contribution in [0, 0.1) is 0 Å². The van der Waals surface area contributed by atoms with E-state index in [9.17, 15) is 8.42 Å². The van der Waals surface area contributed by atoms with E-state index in [1.165, 1.54) is 13.0 Å². The molecule has 1 rings (SSSR count). The van der Waals surface area contributed by atoms with E-state index < -0.39 is 16.1 Å². The molecule has 1 aromatic carbocycles. The van der Waals surface area contributed by atoms with Gasteiger partial charge in [0.15, 0.2) is 0 Å². The zero-order valence-electron chi connectivity index (χ0n) is 9.30. The van der Waals surface area contributed by atoms with Gasteiger partial charge in [0.1, 0.15) is 0 Å². The minimum absolute atomic E-state index is 0.00512. The number of hydrogen-bond acceptors (Lipinski definition) is 3. The predicted molar refractivity (Wildman–Crippen MR) is 71.8 cm³/mol. The van der Waals surface area contributed by atoms with Crippen molar-refractivity contribution >= 4 is 32.0 Å². The molecule has 0 aromatic heterocycles. The summed E-state index contributed by atoms with van der Waals surface area (Å²) in [6.45, 7) is 1.52. The largest absolute Gasteiger partial charge is 0.392 e. The fourth-order valence-corrected chi connectivity index (χ4v) is 2.39. The van der Waals surface area contributed by atoms with Crippen molar-refractivity contribution in [1.82, 2.24) is 4.72 Å². The SMILES string of the molecule is CC(O)CNS(=O)(=O)/C=C/c1cccc(Br)c1. The monoisotopic (exact) mass is 319 g/mol. The number of nitrogens with one attached hydrogen (secondary N) is 1. The van der Waals surface area contributed by atoms with E-state index in [2.05, 4.69) is 20.7 Å². The van der Waals surface area contributed by atoms with Crippen LogP contribution in [0.1, 0.15) is 12.5 Å². The molecule has 0 aliphatic carbocycles. The van der Waals surface area contributed by atoms with Crippen molar-refractivity contribution in [2.24, 2.45) is 0 Å². The van der Waals surface area contributed by atoms with Gasteiger partial charge in [-0.2, -0.15) is 0 Å². The highest BCUT2D eigenvalue weighted by Crippen LogP contribution is 2.13. The molecule has 0 fully saturated rings. The maximum atomic E-state index is 11.5. The van der Waals surface area contributed by atoms with Gasteiger partial charge >= 0.3 is 0 Å². The topological polar surface area (TPSA) is 66.4 Å². The molecule has 0 radical (unpaired) electrons. The molecule has 4 nitrogen and oxygen atoms in total. The summed E-state index contributed by atoms with van der Waals surface area (Å²) in [4.78, 5) is 0. The average Bonchev–Trinajstić information content (AvgIpc) is 2.24. The number of rotatable bonds is 5. The molecule has 1 unspecified atom stereocenters. The van der Waals surface area contributed by atoms with E-state index in [0.717, 1.165) is 15.4 Å². The zero-order valence-corrected chi connectivity index (χ0v) is 11.7. The number of benzene rings is 1. The fraction of sp³-hybridized carbons (Fsp3) is 0.273. The molecule has 1 aromatic rings. The summed E-state index contributed by atoms with van der Waals surface area (Å²) >= 11 is 3.30. The van der Waals surface area contributed by atoms with Crippen molar-refractivity contribution < 1.29 is 13.5 Å². The first kappa shape index (κ1) is 14.4. The van der Waals surface area contributed by atoms with Gasteiger partial charge in [0.05, 0.1) is 6.10 Å². The molecule has 0 spiro atoms. The molecule has 0 saturated carbocycles. The highest BCUT2D eigenvalue weighted by molar-refractivity contribution is 9.10. The van der Waals surface area contributed by atoms with Crippen LogP contribution in [0.5, 0.6) is 0 Å². The summed E-state index contributed by atoms with van der Waals surface area (Å²) < 4.78 is 26.1. The van der Waals surface area contributed by atoms with Crippen LogP contribution in [0.25, 0.3) is 6.08 Å². The van der Waals surface area contributed by atoms with Gasteiger partial charge in [-0.3, -0.25) is 0 Å². The summed E-state index contributed by atoms with van der Waals surface area (Å²) in [5, 5.41) is 10.1. The second kappa shape index (κ2) is 6.30. The fourth-order valence-electron chi connectivity index (χ4n) is 1.06. The van der Waals surface area contributed by atoms with Crippen LogP contribution in [0.15, 0.2) is 34.1 Å². The summed E-state index contributed by atoms with van der Waals surface area (Å²) in [5.74, 6) is 0.